The average molecular weight is 280 g/mol. The summed E-state index contributed by atoms with van der Waals surface area (Å²) in [5.41, 5.74) is 0. The molecule has 0 aromatic rings. The van der Waals surface area contributed by atoms with Gasteiger partial charge in [-0.15, -0.1) is 0 Å². The fourth-order valence-corrected chi connectivity index (χ4v) is 2.28. The second-order valence-corrected chi connectivity index (χ2v) is 5.61. The van der Waals surface area contributed by atoms with Gasteiger partial charge in [-0.2, -0.15) is 0 Å². The summed E-state index contributed by atoms with van der Waals surface area (Å²) in [6.07, 6.45) is 19.8. The van der Waals surface area contributed by atoms with Gasteiger partial charge in [0.25, 0.3) is 0 Å². The maximum atomic E-state index is 10.3. The summed E-state index contributed by atoms with van der Waals surface area (Å²) >= 11 is 0. The van der Waals surface area contributed by atoms with Crippen LogP contribution in [0.2, 0.25) is 0 Å². The largest absolute Gasteiger partial charge is 0.481 e. The lowest BCUT2D eigenvalue weighted by Crippen LogP contribution is -1.92. The molecule has 0 unspecified atom stereocenters. The van der Waals surface area contributed by atoms with E-state index in [1.807, 2.05) is 0 Å². The van der Waals surface area contributed by atoms with Crippen molar-refractivity contribution in [3.05, 3.63) is 24.3 Å². The Labute approximate surface area is 125 Å². The molecule has 116 valence electrons. The molecule has 0 bridgehead atoms. The normalized spacial score (nSPS) is 13.3. The Kier molecular flexibility index (Phi) is 13.6. The smallest absolute Gasteiger partial charge is 0.303 e. The predicted octanol–water partition coefficient (Wildman–Crippen LogP) is 5.74. The second-order valence-electron chi connectivity index (χ2n) is 5.61. The Balaban J connectivity index is 3.21. The standard InChI is InChI=1S/C18H32O2/c1-3-14-17(2)15-12-10-8-6-4-5-7-9-11-13-16-18(19)20/h3,5,7,14,17H,4,6,8-13,15-16H2,1-2H3,(H,19,20)/b7-5+,14-3-/t17-/m1/s1. The first-order valence-corrected chi connectivity index (χ1v) is 8.16. The number of carboxylic acids is 1. The van der Waals surface area contributed by atoms with Crippen molar-refractivity contribution >= 4 is 5.97 Å². The number of carbonyl (C=O) groups is 1. The average Bonchev–Trinajstić information content (AvgIpc) is 2.40. The minimum Gasteiger partial charge on any atom is -0.481 e. The lowest BCUT2D eigenvalue weighted by molar-refractivity contribution is -0.137. The van der Waals surface area contributed by atoms with Crippen LogP contribution in [0.5, 0.6) is 0 Å². The fraction of sp³-hybridized carbons (Fsp3) is 0.722. The van der Waals surface area contributed by atoms with Gasteiger partial charge in [-0.05, 0) is 51.4 Å². The highest BCUT2D eigenvalue weighted by atomic mass is 16.4. The lowest BCUT2D eigenvalue weighted by Gasteiger charge is -2.05. The molecular weight excluding hydrogens is 248 g/mol. The molecule has 2 nitrogen and oxygen atoms in total. The highest BCUT2D eigenvalue weighted by molar-refractivity contribution is 5.66. The van der Waals surface area contributed by atoms with Gasteiger partial charge in [-0.1, -0.05) is 50.5 Å². The molecule has 1 N–H and O–H groups in total. The Morgan fingerprint density at radius 2 is 1.60 bits per heavy atom. The quantitative estimate of drug-likeness (QED) is 0.345. The lowest BCUT2D eigenvalue weighted by atomic mass is 10.0. The van der Waals surface area contributed by atoms with Gasteiger partial charge in [0.05, 0.1) is 0 Å². The van der Waals surface area contributed by atoms with E-state index in [4.69, 9.17) is 5.11 Å². The van der Waals surface area contributed by atoms with Crippen molar-refractivity contribution in [3.63, 3.8) is 0 Å². The first-order valence-electron chi connectivity index (χ1n) is 8.16. The van der Waals surface area contributed by atoms with E-state index in [0.29, 0.717) is 6.42 Å². The molecule has 0 aromatic carbocycles. The van der Waals surface area contributed by atoms with Crippen molar-refractivity contribution in [2.75, 3.05) is 0 Å². The molecule has 0 radical (unpaired) electrons. The van der Waals surface area contributed by atoms with Gasteiger partial charge in [0, 0.05) is 6.42 Å². The fourth-order valence-electron chi connectivity index (χ4n) is 2.28. The zero-order valence-electron chi connectivity index (χ0n) is 13.3. The number of aliphatic carboxylic acids is 1. The maximum absolute atomic E-state index is 10.3. The highest BCUT2D eigenvalue weighted by Gasteiger charge is 1.96. The number of unbranched alkanes of at least 4 members (excludes halogenated alkanes) is 6. The van der Waals surface area contributed by atoms with E-state index in [9.17, 15) is 4.79 Å². The molecule has 0 aliphatic rings. The van der Waals surface area contributed by atoms with Crippen LogP contribution in [0.25, 0.3) is 0 Å². The Hall–Kier alpha value is -1.05. The molecule has 2 heteroatoms. The molecule has 0 saturated heterocycles. The molecule has 0 saturated carbocycles. The Morgan fingerprint density at radius 1 is 1.00 bits per heavy atom. The van der Waals surface area contributed by atoms with Crippen LogP contribution in [0.1, 0.15) is 78.1 Å². The van der Waals surface area contributed by atoms with Crippen LogP contribution in [-0.2, 0) is 4.79 Å². The van der Waals surface area contributed by atoms with E-state index in [1.54, 1.807) is 0 Å². The minimum absolute atomic E-state index is 0.305. The van der Waals surface area contributed by atoms with Crippen LogP contribution in [-0.4, -0.2) is 11.1 Å². The number of rotatable bonds is 13. The van der Waals surface area contributed by atoms with Crippen molar-refractivity contribution in [2.45, 2.75) is 78.1 Å². The summed E-state index contributed by atoms with van der Waals surface area (Å²) in [7, 11) is 0. The molecule has 0 aliphatic heterocycles. The third kappa shape index (κ3) is 15.0. The number of hydrogen-bond acceptors (Lipinski definition) is 1. The molecule has 0 spiro atoms. The molecule has 0 rings (SSSR count). The SMILES string of the molecule is C/C=C\[C@@H](C)CCCCCC/C=C/CCCCC(=O)O. The van der Waals surface area contributed by atoms with E-state index in [0.717, 1.165) is 25.2 Å². The molecule has 0 fully saturated rings. The first kappa shape index (κ1) is 18.9. The summed E-state index contributed by atoms with van der Waals surface area (Å²) < 4.78 is 0. The maximum Gasteiger partial charge on any atom is 0.303 e. The zero-order valence-corrected chi connectivity index (χ0v) is 13.3. The number of allylic oxidation sites excluding steroid dienone is 4. The van der Waals surface area contributed by atoms with Crippen molar-refractivity contribution in [1.82, 2.24) is 0 Å². The minimum atomic E-state index is -0.683. The summed E-state index contributed by atoms with van der Waals surface area (Å²) in [5, 5.41) is 8.50. The van der Waals surface area contributed by atoms with E-state index in [1.165, 1.54) is 38.5 Å². The molecule has 1 atom stereocenters. The van der Waals surface area contributed by atoms with Crippen molar-refractivity contribution in [3.8, 4) is 0 Å². The van der Waals surface area contributed by atoms with Gasteiger partial charge in [-0.25, -0.2) is 0 Å². The van der Waals surface area contributed by atoms with Crippen molar-refractivity contribution in [2.24, 2.45) is 5.92 Å². The molecular formula is C18H32O2. The van der Waals surface area contributed by atoms with E-state index in [-0.39, 0.29) is 0 Å². The molecule has 0 amide bonds. The zero-order chi connectivity index (χ0) is 15.1. The van der Waals surface area contributed by atoms with Gasteiger partial charge in [0.1, 0.15) is 0 Å². The van der Waals surface area contributed by atoms with E-state index >= 15 is 0 Å². The van der Waals surface area contributed by atoms with E-state index < -0.39 is 5.97 Å². The summed E-state index contributed by atoms with van der Waals surface area (Å²) in [5.74, 6) is 0.0448. The first-order chi connectivity index (χ1) is 9.66. The second kappa shape index (κ2) is 14.4. The van der Waals surface area contributed by atoms with Crippen molar-refractivity contribution < 1.29 is 9.90 Å². The van der Waals surface area contributed by atoms with Gasteiger partial charge in [-0.3, -0.25) is 4.79 Å². The highest BCUT2D eigenvalue weighted by Crippen LogP contribution is 2.12. The van der Waals surface area contributed by atoms with Crippen LogP contribution >= 0.6 is 0 Å². The van der Waals surface area contributed by atoms with Crippen LogP contribution in [0.3, 0.4) is 0 Å². The topological polar surface area (TPSA) is 37.3 Å². The van der Waals surface area contributed by atoms with Crippen LogP contribution in [0.4, 0.5) is 0 Å². The molecule has 20 heavy (non-hydrogen) atoms. The summed E-state index contributed by atoms with van der Waals surface area (Å²) in [6.45, 7) is 4.37. The van der Waals surface area contributed by atoms with Gasteiger partial charge in [0.15, 0.2) is 0 Å². The van der Waals surface area contributed by atoms with Gasteiger partial charge < -0.3 is 5.11 Å². The number of carboxylic acid groups (broad SMARTS) is 1. The Morgan fingerprint density at radius 3 is 2.20 bits per heavy atom. The Bertz CT molecular complexity index is 279. The molecule has 0 aromatic heterocycles. The monoisotopic (exact) mass is 280 g/mol. The summed E-state index contributed by atoms with van der Waals surface area (Å²) in [4.78, 5) is 10.3. The third-order valence-electron chi connectivity index (χ3n) is 3.48. The van der Waals surface area contributed by atoms with E-state index in [2.05, 4.69) is 38.2 Å². The van der Waals surface area contributed by atoms with Gasteiger partial charge in [0.2, 0.25) is 0 Å². The third-order valence-corrected chi connectivity index (χ3v) is 3.48. The predicted molar refractivity (Wildman–Crippen MR) is 86.9 cm³/mol. The van der Waals surface area contributed by atoms with Crippen LogP contribution < -0.4 is 0 Å². The summed E-state index contributed by atoms with van der Waals surface area (Å²) in [6, 6.07) is 0. The van der Waals surface area contributed by atoms with Crippen LogP contribution in [0.15, 0.2) is 24.3 Å². The number of hydrogen-bond donors (Lipinski definition) is 1. The molecule has 0 aliphatic carbocycles. The van der Waals surface area contributed by atoms with Crippen molar-refractivity contribution in [1.29, 1.82) is 0 Å². The molecule has 0 heterocycles. The van der Waals surface area contributed by atoms with Crippen LogP contribution in [0, 0.1) is 5.92 Å². The van der Waals surface area contributed by atoms with Gasteiger partial charge >= 0.3 is 5.97 Å².